The van der Waals surface area contributed by atoms with E-state index in [-0.39, 0.29) is 0 Å². The van der Waals surface area contributed by atoms with Gasteiger partial charge in [-0.05, 0) is 42.9 Å². The number of nitrogens with one attached hydrogen (secondary N) is 1. The fraction of sp³-hybridized carbons (Fsp3) is 0.571. The Morgan fingerprint density at radius 3 is 2.69 bits per heavy atom. The van der Waals surface area contributed by atoms with Crippen LogP contribution in [0.3, 0.4) is 0 Å². The molecule has 0 aromatic heterocycles. The summed E-state index contributed by atoms with van der Waals surface area (Å²) < 4.78 is 0. The summed E-state index contributed by atoms with van der Waals surface area (Å²) in [6.45, 7) is 5.71. The van der Waals surface area contributed by atoms with Crippen LogP contribution in [0.4, 0.5) is 5.69 Å². The Bertz CT molecular complexity index is 297. The van der Waals surface area contributed by atoms with Crippen LogP contribution in [-0.2, 0) is 0 Å². The summed E-state index contributed by atoms with van der Waals surface area (Å²) in [5, 5.41) is 12.1. The van der Waals surface area contributed by atoms with Gasteiger partial charge in [-0.3, -0.25) is 0 Å². The largest absolute Gasteiger partial charge is 0.396 e. The van der Waals surface area contributed by atoms with Crippen LogP contribution in [0.5, 0.6) is 0 Å². The molecule has 0 saturated carbocycles. The molecule has 1 aromatic carbocycles. The van der Waals surface area contributed by atoms with Gasteiger partial charge in [-0.15, -0.1) is 0 Å². The van der Waals surface area contributed by atoms with Crippen LogP contribution in [0, 0.1) is 0 Å². The van der Waals surface area contributed by atoms with Crippen LogP contribution >= 0.6 is 0 Å². The second-order valence-corrected chi connectivity index (χ2v) is 4.49. The second kappa shape index (κ2) is 7.29. The summed E-state index contributed by atoms with van der Waals surface area (Å²) in [6.07, 6.45) is 3.12. The van der Waals surface area contributed by atoms with Gasteiger partial charge in [-0.1, -0.05) is 26.0 Å². The lowest BCUT2D eigenvalue weighted by molar-refractivity contribution is 0.283. The molecule has 1 aromatic rings. The second-order valence-electron chi connectivity index (χ2n) is 4.49. The quantitative estimate of drug-likeness (QED) is 0.692. The van der Waals surface area contributed by atoms with E-state index < -0.39 is 0 Å². The molecular formula is C14H23NO. The SMILES string of the molecule is CC(C)c1cccc(NCCCCCO)c1. The molecule has 0 radical (unpaired) electrons. The van der Waals surface area contributed by atoms with Crippen molar-refractivity contribution in [1.29, 1.82) is 0 Å². The summed E-state index contributed by atoms with van der Waals surface area (Å²) in [4.78, 5) is 0. The van der Waals surface area contributed by atoms with E-state index in [9.17, 15) is 0 Å². The minimum absolute atomic E-state index is 0.308. The van der Waals surface area contributed by atoms with Crippen molar-refractivity contribution in [1.82, 2.24) is 0 Å². The number of rotatable bonds is 7. The summed E-state index contributed by atoms with van der Waals surface area (Å²) in [7, 11) is 0. The molecule has 0 bridgehead atoms. The van der Waals surface area contributed by atoms with Crippen molar-refractivity contribution in [2.75, 3.05) is 18.5 Å². The predicted molar refractivity (Wildman–Crippen MR) is 70.0 cm³/mol. The number of unbranched alkanes of at least 4 members (excludes halogenated alkanes) is 2. The first-order valence-corrected chi connectivity index (χ1v) is 6.18. The van der Waals surface area contributed by atoms with E-state index >= 15 is 0 Å². The molecule has 0 aliphatic carbocycles. The minimum Gasteiger partial charge on any atom is -0.396 e. The number of anilines is 1. The molecular weight excluding hydrogens is 198 g/mol. The maximum atomic E-state index is 8.66. The molecule has 1 rings (SSSR count). The Labute approximate surface area is 98.7 Å². The van der Waals surface area contributed by atoms with Crippen molar-refractivity contribution in [3.63, 3.8) is 0 Å². The fourth-order valence-corrected chi connectivity index (χ4v) is 1.65. The molecule has 2 N–H and O–H groups in total. The highest BCUT2D eigenvalue weighted by molar-refractivity contribution is 5.46. The first-order valence-electron chi connectivity index (χ1n) is 6.18. The van der Waals surface area contributed by atoms with Gasteiger partial charge in [0.2, 0.25) is 0 Å². The lowest BCUT2D eigenvalue weighted by Gasteiger charge is -2.10. The molecule has 0 amide bonds. The summed E-state index contributed by atoms with van der Waals surface area (Å²) in [6, 6.07) is 8.60. The van der Waals surface area contributed by atoms with E-state index in [1.807, 2.05) is 0 Å². The topological polar surface area (TPSA) is 32.3 Å². The molecule has 0 fully saturated rings. The van der Waals surface area contributed by atoms with Crippen molar-refractivity contribution in [3.05, 3.63) is 29.8 Å². The number of aliphatic hydroxyl groups excluding tert-OH is 1. The van der Waals surface area contributed by atoms with E-state index in [0.29, 0.717) is 12.5 Å². The third-order valence-corrected chi connectivity index (χ3v) is 2.72. The monoisotopic (exact) mass is 221 g/mol. The van der Waals surface area contributed by atoms with Crippen molar-refractivity contribution >= 4 is 5.69 Å². The molecule has 0 aliphatic heterocycles. The third-order valence-electron chi connectivity index (χ3n) is 2.72. The molecule has 16 heavy (non-hydrogen) atoms. The average molecular weight is 221 g/mol. The van der Waals surface area contributed by atoms with Gasteiger partial charge < -0.3 is 10.4 Å². The van der Waals surface area contributed by atoms with E-state index in [1.165, 1.54) is 11.3 Å². The number of hydrogen-bond acceptors (Lipinski definition) is 2. The van der Waals surface area contributed by atoms with Crippen LogP contribution in [0.15, 0.2) is 24.3 Å². The zero-order valence-corrected chi connectivity index (χ0v) is 10.4. The standard InChI is InChI=1S/C14H23NO/c1-12(2)13-7-6-8-14(11-13)15-9-4-3-5-10-16/h6-8,11-12,15-16H,3-5,9-10H2,1-2H3. The van der Waals surface area contributed by atoms with Crippen LogP contribution in [-0.4, -0.2) is 18.3 Å². The predicted octanol–water partition coefficient (Wildman–Crippen LogP) is 3.38. The zero-order chi connectivity index (χ0) is 11.8. The van der Waals surface area contributed by atoms with Gasteiger partial charge in [0.25, 0.3) is 0 Å². The Morgan fingerprint density at radius 2 is 2.00 bits per heavy atom. The highest BCUT2D eigenvalue weighted by Crippen LogP contribution is 2.18. The first kappa shape index (κ1) is 13.0. The Morgan fingerprint density at radius 1 is 1.19 bits per heavy atom. The van der Waals surface area contributed by atoms with Gasteiger partial charge in [0.05, 0.1) is 0 Å². The molecule has 2 nitrogen and oxygen atoms in total. The number of aliphatic hydroxyl groups is 1. The molecule has 0 heterocycles. The van der Waals surface area contributed by atoms with Crippen LogP contribution < -0.4 is 5.32 Å². The van der Waals surface area contributed by atoms with Gasteiger partial charge in [-0.25, -0.2) is 0 Å². The van der Waals surface area contributed by atoms with Crippen molar-refractivity contribution < 1.29 is 5.11 Å². The molecule has 0 saturated heterocycles. The van der Waals surface area contributed by atoms with E-state index in [1.54, 1.807) is 0 Å². The number of benzene rings is 1. The zero-order valence-electron chi connectivity index (χ0n) is 10.4. The van der Waals surface area contributed by atoms with Gasteiger partial charge in [0, 0.05) is 18.8 Å². The van der Waals surface area contributed by atoms with Gasteiger partial charge in [0.1, 0.15) is 0 Å². The van der Waals surface area contributed by atoms with E-state index in [0.717, 1.165) is 25.8 Å². The van der Waals surface area contributed by atoms with E-state index in [4.69, 9.17) is 5.11 Å². The molecule has 0 atom stereocenters. The van der Waals surface area contributed by atoms with Crippen LogP contribution in [0.2, 0.25) is 0 Å². The lowest BCUT2D eigenvalue weighted by atomic mass is 10.0. The normalized spacial score (nSPS) is 10.8. The fourth-order valence-electron chi connectivity index (χ4n) is 1.65. The molecule has 0 aliphatic rings. The van der Waals surface area contributed by atoms with Gasteiger partial charge in [0.15, 0.2) is 0 Å². The van der Waals surface area contributed by atoms with Gasteiger partial charge in [-0.2, -0.15) is 0 Å². The summed E-state index contributed by atoms with van der Waals surface area (Å²) >= 11 is 0. The van der Waals surface area contributed by atoms with Crippen molar-refractivity contribution in [2.24, 2.45) is 0 Å². The lowest BCUT2D eigenvalue weighted by Crippen LogP contribution is -2.02. The number of hydrogen-bond donors (Lipinski definition) is 2. The van der Waals surface area contributed by atoms with Crippen LogP contribution in [0.25, 0.3) is 0 Å². The molecule has 2 heteroatoms. The summed E-state index contributed by atoms with van der Waals surface area (Å²) in [5.41, 5.74) is 2.58. The average Bonchev–Trinajstić information content (AvgIpc) is 2.29. The maximum absolute atomic E-state index is 8.66. The highest BCUT2D eigenvalue weighted by atomic mass is 16.2. The highest BCUT2D eigenvalue weighted by Gasteiger charge is 1.99. The van der Waals surface area contributed by atoms with Gasteiger partial charge >= 0.3 is 0 Å². The molecule has 0 unspecified atom stereocenters. The van der Waals surface area contributed by atoms with Crippen molar-refractivity contribution in [2.45, 2.75) is 39.0 Å². The minimum atomic E-state index is 0.308. The molecule has 0 spiro atoms. The van der Waals surface area contributed by atoms with Crippen LogP contribution in [0.1, 0.15) is 44.6 Å². The Balaban J connectivity index is 2.33. The van der Waals surface area contributed by atoms with E-state index in [2.05, 4.69) is 43.4 Å². The smallest absolute Gasteiger partial charge is 0.0431 e. The Kier molecular flexibility index (Phi) is 5.94. The maximum Gasteiger partial charge on any atom is 0.0431 e. The Hall–Kier alpha value is -1.02. The summed E-state index contributed by atoms with van der Waals surface area (Å²) in [5.74, 6) is 0.580. The van der Waals surface area contributed by atoms with Crippen molar-refractivity contribution in [3.8, 4) is 0 Å². The molecule has 90 valence electrons. The third kappa shape index (κ3) is 4.67. The first-order chi connectivity index (χ1) is 7.74.